The molecule has 1 aliphatic heterocycles. The summed E-state index contributed by atoms with van der Waals surface area (Å²) in [6.45, 7) is 4.79. The van der Waals surface area contributed by atoms with Crippen molar-refractivity contribution in [3.63, 3.8) is 0 Å². The molecule has 0 N–H and O–H groups in total. The molecule has 1 atom stereocenters. The zero-order valence-electron chi connectivity index (χ0n) is 16.7. The molecule has 3 aromatic rings. The average molecular weight is 410 g/mol. The van der Waals surface area contributed by atoms with E-state index in [0.29, 0.717) is 24.1 Å². The molecule has 0 saturated carbocycles. The topological polar surface area (TPSA) is 66.2 Å². The second-order valence-corrected chi connectivity index (χ2v) is 8.32. The van der Waals surface area contributed by atoms with Crippen molar-refractivity contribution < 1.29 is 14.3 Å². The highest BCUT2D eigenvalue weighted by Crippen LogP contribution is 2.35. The Morgan fingerprint density at radius 1 is 1.14 bits per heavy atom. The highest BCUT2D eigenvalue weighted by molar-refractivity contribution is 8.00. The van der Waals surface area contributed by atoms with Gasteiger partial charge in [-0.3, -0.25) is 9.36 Å². The third kappa shape index (κ3) is 3.87. The van der Waals surface area contributed by atoms with Crippen LogP contribution in [-0.4, -0.2) is 39.7 Å². The summed E-state index contributed by atoms with van der Waals surface area (Å²) in [6.07, 6.45) is 0.681. The van der Waals surface area contributed by atoms with E-state index in [9.17, 15) is 4.79 Å². The maximum absolute atomic E-state index is 12.0. The van der Waals surface area contributed by atoms with Gasteiger partial charge in [0.15, 0.2) is 11.0 Å². The lowest BCUT2D eigenvalue weighted by Gasteiger charge is -2.17. The second kappa shape index (κ2) is 8.29. The Kier molecular flexibility index (Phi) is 5.58. The monoisotopic (exact) mass is 409 g/mol. The van der Waals surface area contributed by atoms with Crippen LogP contribution in [0.4, 0.5) is 0 Å². The van der Waals surface area contributed by atoms with E-state index >= 15 is 0 Å². The number of aromatic nitrogens is 3. The van der Waals surface area contributed by atoms with Gasteiger partial charge in [-0.1, -0.05) is 43.8 Å². The summed E-state index contributed by atoms with van der Waals surface area (Å²) in [4.78, 5) is 12.0. The summed E-state index contributed by atoms with van der Waals surface area (Å²) in [5.41, 5.74) is 3.14. The average Bonchev–Trinajstić information content (AvgIpc) is 3.34. The van der Waals surface area contributed by atoms with Crippen LogP contribution in [0.25, 0.3) is 17.1 Å². The molecule has 1 saturated heterocycles. The molecule has 0 amide bonds. The number of carbonyl (C=O) groups excluding carboxylic acids is 1. The Bertz CT molecular complexity index is 1010. The molecule has 29 heavy (non-hydrogen) atoms. The van der Waals surface area contributed by atoms with Crippen LogP contribution in [-0.2, 0) is 9.53 Å². The minimum atomic E-state index is -0.257. The Labute approximate surface area is 174 Å². The third-order valence-electron chi connectivity index (χ3n) is 4.92. The molecule has 0 radical (unpaired) electrons. The van der Waals surface area contributed by atoms with E-state index in [0.717, 1.165) is 22.8 Å². The van der Waals surface area contributed by atoms with Crippen LogP contribution in [0.3, 0.4) is 0 Å². The lowest BCUT2D eigenvalue weighted by Crippen LogP contribution is -2.12. The minimum absolute atomic E-state index is 0.187. The number of cyclic esters (lactones) is 1. The quantitative estimate of drug-likeness (QED) is 0.560. The number of thioether (sulfide) groups is 1. The van der Waals surface area contributed by atoms with Gasteiger partial charge in [-0.05, 0) is 41.8 Å². The van der Waals surface area contributed by atoms with Crippen molar-refractivity contribution in [3.05, 3.63) is 54.1 Å². The molecule has 150 valence electrons. The number of ether oxygens (including phenoxy) is 2. The molecular weight excluding hydrogens is 386 g/mol. The number of nitrogens with zero attached hydrogens (tertiary/aromatic N) is 3. The van der Waals surface area contributed by atoms with Crippen molar-refractivity contribution in [2.45, 2.75) is 36.6 Å². The lowest BCUT2D eigenvalue weighted by atomic mass is 10.0. The van der Waals surface area contributed by atoms with E-state index in [1.165, 1.54) is 17.3 Å². The molecule has 7 heteroatoms. The van der Waals surface area contributed by atoms with Crippen LogP contribution >= 0.6 is 11.8 Å². The largest absolute Gasteiger partial charge is 0.497 e. The summed E-state index contributed by atoms with van der Waals surface area (Å²) >= 11 is 1.41. The first-order valence-corrected chi connectivity index (χ1v) is 10.5. The highest BCUT2D eigenvalue weighted by atomic mass is 32.2. The van der Waals surface area contributed by atoms with Gasteiger partial charge in [-0.25, -0.2) is 0 Å². The first-order chi connectivity index (χ1) is 14.1. The van der Waals surface area contributed by atoms with E-state index in [-0.39, 0.29) is 11.2 Å². The first kappa shape index (κ1) is 19.5. The van der Waals surface area contributed by atoms with E-state index in [4.69, 9.17) is 9.47 Å². The number of rotatable bonds is 6. The highest BCUT2D eigenvalue weighted by Gasteiger charge is 2.31. The van der Waals surface area contributed by atoms with Crippen LogP contribution in [0.2, 0.25) is 0 Å². The number of carbonyl (C=O) groups is 1. The molecule has 4 rings (SSSR count). The summed E-state index contributed by atoms with van der Waals surface area (Å²) < 4.78 is 12.5. The van der Waals surface area contributed by atoms with Gasteiger partial charge in [-0.15, -0.1) is 10.2 Å². The van der Waals surface area contributed by atoms with E-state index in [2.05, 4.69) is 36.2 Å². The van der Waals surface area contributed by atoms with Crippen molar-refractivity contribution in [3.8, 4) is 22.8 Å². The SMILES string of the molecule is COc1ccc(-c2nnc(S[C@H]3CCOC3=O)n2-c2ccccc2C(C)C)cc1. The maximum Gasteiger partial charge on any atom is 0.319 e. The van der Waals surface area contributed by atoms with Gasteiger partial charge in [0.1, 0.15) is 11.0 Å². The normalized spacial score (nSPS) is 16.3. The fraction of sp³-hybridized carbons (Fsp3) is 0.318. The van der Waals surface area contributed by atoms with E-state index in [1.807, 2.05) is 41.0 Å². The Balaban J connectivity index is 1.85. The van der Waals surface area contributed by atoms with Gasteiger partial charge < -0.3 is 9.47 Å². The molecule has 0 spiro atoms. The molecule has 1 aromatic heterocycles. The third-order valence-corrected chi connectivity index (χ3v) is 6.10. The minimum Gasteiger partial charge on any atom is -0.497 e. The molecule has 0 bridgehead atoms. The van der Waals surface area contributed by atoms with Crippen molar-refractivity contribution in [2.24, 2.45) is 0 Å². The lowest BCUT2D eigenvalue weighted by molar-refractivity contribution is -0.137. The molecule has 6 nitrogen and oxygen atoms in total. The number of hydrogen-bond donors (Lipinski definition) is 0. The first-order valence-electron chi connectivity index (χ1n) is 9.61. The van der Waals surface area contributed by atoms with Crippen LogP contribution < -0.4 is 4.74 Å². The number of para-hydroxylation sites is 1. The fourth-order valence-electron chi connectivity index (χ4n) is 3.38. The van der Waals surface area contributed by atoms with Gasteiger partial charge in [0.2, 0.25) is 0 Å². The zero-order chi connectivity index (χ0) is 20.4. The number of hydrogen-bond acceptors (Lipinski definition) is 6. The Morgan fingerprint density at radius 3 is 2.55 bits per heavy atom. The van der Waals surface area contributed by atoms with E-state index < -0.39 is 0 Å². The zero-order valence-corrected chi connectivity index (χ0v) is 17.5. The molecule has 2 aromatic carbocycles. The summed E-state index contributed by atoms with van der Waals surface area (Å²) in [5.74, 6) is 1.65. The smallest absolute Gasteiger partial charge is 0.319 e. The number of methoxy groups -OCH3 is 1. The summed E-state index contributed by atoms with van der Waals surface area (Å²) in [7, 11) is 1.64. The Hall–Kier alpha value is -2.80. The standard InChI is InChI=1S/C22H23N3O3S/c1-14(2)17-6-4-5-7-18(17)25-20(15-8-10-16(27-3)11-9-15)23-24-22(25)29-19-12-13-28-21(19)26/h4-11,14,19H,12-13H2,1-3H3/t19-/m0/s1. The molecule has 2 heterocycles. The molecular formula is C22H23N3O3S. The Morgan fingerprint density at radius 2 is 1.90 bits per heavy atom. The molecule has 0 unspecified atom stereocenters. The van der Waals surface area contributed by atoms with Gasteiger partial charge in [0.25, 0.3) is 0 Å². The van der Waals surface area contributed by atoms with Crippen LogP contribution in [0.1, 0.15) is 31.7 Å². The number of benzene rings is 2. The molecule has 0 aliphatic carbocycles. The molecule has 1 fully saturated rings. The predicted molar refractivity (Wildman–Crippen MR) is 113 cm³/mol. The van der Waals surface area contributed by atoms with Crippen molar-refractivity contribution >= 4 is 17.7 Å². The van der Waals surface area contributed by atoms with Crippen LogP contribution in [0.15, 0.2) is 53.7 Å². The van der Waals surface area contributed by atoms with Gasteiger partial charge in [0.05, 0.1) is 19.4 Å². The summed E-state index contributed by atoms with van der Waals surface area (Å²) in [6, 6.07) is 16.0. The summed E-state index contributed by atoms with van der Waals surface area (Å²) in [5, 5.41) is 9.36. The predicted octanol–water partition coefficient (Wildman–Crippen LogP) is 4.47. The maximum atomic E-state index is 12.0. The fourth-order valence-corrected chi connectivity index (χ4v) is 4.39. The van der Waals surface area contributed by atoms with Gasteiger partial charge in [0, 0.05) is 12.0 Å². The van der Waals surface area contributed by atoms with Crippen molar-refractivity contribution in [2.75, 3.05) is 13.7 Å². The van der Waals surface area contributed by atoms with Crippen molar-refractivity contribution in [1.82, 2.24) is 14.8 Å². The van der Waals surface area contributed by atoms with Crippen LogP contribution in [0, 0.1) is 0 Å². The van der Waals surface area contributed by atoms with Gasteiger partial charge >= 0.3 is 5.97 Å². The van der Waals surface area contributed by atoms with Gasteiger partial charge in [-0.2, -0.15) is 0 Å². The number of esters is 1. The second-order valence-electron chi connectivity index (χ2n) is 7.15. The van der Waals surface area contributed by atoms with E-state index in [1.54, 1.807) is 7.11 Å². The van der Waals surface area contributed by atoms with Crippen molar-refractivity contribution in [1.29, 1.82) is 0 Å². The van der Waals surface area contributed by atoms with Crippen LogP contribution in [0.5, 0.6) is 5.75 Å². The molecule has 1 aliphatic rings.